The van der Waals surface area contributed by atoms with Crippen LogP contribution in [0.15, 0.2) is 48.5 Å². The third kappa shape index (κ3) is 6.75. The van der Waals surface area contributed by atoms with Gasteiger partial charge in [0.2, 0.25) is 0 Å². The molecule has 1 aliphatic heterocycles. The SMILES string of the molecule is Cl.Cl.O[C@]1(c2ccc(OCc3ccccc3)c(Cl)c2)CCCCC1CCN1CCNCC1. The highest BCUT2D eigenvalue weighted by Gasteiger charge is 2.40. The van der Waals surface area contributed by atoms with E-state index in [1.165, 1.54) is 6.42 Å². The molecule has 178 valence electrons. The van der Waals surface area contributed by atoms with Crippen LogP contribution in [0.25, 0.3) is 0 Å². The van der Waals surface area contributed by atoms with E-state index in [9.17, 15) is 5.11 Å². The Morgan fingerprint density at radius 3 is 2.53 bits per heavy atom. The lowest BCUT2D eigenvalue weighted by atomic mass is 9.70. The van der Waals surface area contributed by atoms with Crippen LogP contribution in [-0.2, 0) is 12.2 Å². The fourth-order valence-electron chi connectivity index (χ4n) is 4.89. The zero-order valence-electron chi connectivity index (χ0n) is 18.5. The summed E-state index contributed by atoms with van der Waals surface area (Å²) in [7, 11) is 0. The number of piperazine rings is 1. The summed E-state index contributed by atoms with van der Waals surface area (Å²) in [6, 6.07) is 15.9. The van der Waals surface area contributed by atoms with Gasteiger partial charge in [-0.05, 0) is 55.0 Å². The van der Waals surface area contributed by atoms with Gasteiger partial charge in [-0.1, -0.05) is 60.8 Å². The predicted octanol–water partition coefficient (Wildman–Crippen LogP) is 5.44. The maximum atomic E-state index is 11.7. The van der Waals surface area contributed by atoms with Crippen LogP contribution >= 0.6 is 36.4 Å². The van der Waals surface area contributed by atoms with Crippen molar-refractivity contribution in [3.63, 3.8) is 0 Å². The number of hydrogen-bond acceptors (Lipinski definition) is 4. The molecule has 7 heteroatoms. The average Bonchev–Trinajstić information content (AvgIpc) is 2.79. The first-order valence-corrected chi connectivity index (χ1v) is 11.7. The first-order chi connectivity index (χ1) is 14.6. The van der Waals surface area contributed by atoms with Gasteiger partial charge in [0.1, 0.15) is 12.4 Å². The highest BCUT2D eigenvalue weighted by molar-refractivity contribution is 6.32. The summed E-state index contributed by atoms with van der Waals surface area (Å²) in [5.41, 5.74) is 1.24. The molecule has 0 bridgehead atoms. The van der Waals surface area contributed by atoms with Gasteiger partial charge < -0.3 is 20.1 Å². The predicted molar refractivity (Wildman–Crippen MR) is 137 cm³/mol. The molecule has 1 heterocycles. The molecule has 0 radical (unpaired) electrons. The largest absolute Gasteiger partial charge is 0.487 e. The molecule has 1 saturated carbocycles. The summed E-state index contributed by atoms with van der Waals surface area (Å²) >= 11 is 6.57. The van der Waals surface area contributed by atoms with E-state index < -0.39 is 5.60 Å². The van der Waals surface area contributed by atoms with Gasteiger partial charge >= 0.3 is 0 Å². The molecule has 1 aliphatic carbocycles. The van der Waals surface area contributed by atoms with Gasteiger partial charge in [-0.2, -0.15) is 0 Å². The molecule has 2 N–H and O–H groups in total. The summed E-state index contributed by atoms with van der Waals surface area (Å²) in [6.45, 7) is 5.87. The Morgan fingerprint density at radius 1 is 1.06 bits per heavy atom. The van der Waals surface area contributed by atoms with E-state index in [1.54, 1.807) is 0 Å². The molecule has 4 rings (SSSR count). The van der Waals surface area contributed by atoms with Crippen LogP contribution in [0.2, 0.25) is 5.02 Å². The fourth-order valence-corrected chi connectivity index (χ4v) is 5.12. The summed E-state index contributed by atoms with van der Waals surface area (Å²) in [5, 5.41) is 15.7. The molecule has 2 aromatic carbocycles. The standard InChI is InChI=1S/C25H33ClN2O2.2ClH/c26-23-18-22(9-10-24(23)30-19-20-6-2-1-3-7-20)25(29)12-5-4-8-21(25)11-15-28-16-13-27-14-17-28;;/h1-3,6-7,9-10,18,21,27,29H,4-5,8,11-17,19H2;2*1H/t21?,25-;;/m1../s1. The van der Waals surface area contributed by atoms with Crippen molar-refractivity contribution in [1.82, 2.24) is 10.2 Å². The second kappa shape index (κ2) is 13.0. The van der Waals surface area contributed by atoms with E-state index in [1.807, 2.05) is 48.5 Å². The number of nitrogens with one attached hydrogen (secondary N) is 1. The van der Waals surface area contributed by atoms with Gasteiger partial charge in [0.15, 0.2) is 0 Å². The number of hydrogen-bond donors (Lipinski definition) is 2. The highest BCUT2D eigenvalue weighted by atomic mass is 35.5. The van der Waals surface area contributed by atoms with Gasteiger partial charge in [-0.3, -0.25) is 0 Å². The molecule has 0 amide bonds. The Labute approximate surface area is 209 Å². The van der Waals surface area contributed by atoms with Crippen LogP contribution in [0.1, 0.15) is 43.2 Å². The second-order valence-corrected chi connectivity index (χ2v) is 9.07. The molecule has 32 heavy (non-hydrogen) atoms. The normalized spacial score (nSPS) is 23.6. The Kier molecular flexibility index (Phi) is 11.1. The van der Waals surface area contributed by atoms with Crippen LogP contribution in [0.3, 0.4) is 0 Å². The monoisotopic (exact) mass is 500 g/mol. The van der Waals surface area contributed by atoms with Crippen LogP contribution in [0.5, 0.6) is 5.75 Å². The van der Waals surface area contributed by atoms with Gasteiger partial charge in [0.25, 0.3) is 0 Å². The number of ether oxygens (including phenoxy) is 1. The van der Waals surface area contributed by atoms with Crippen LogP contribution < -0.4 is 10.1 Å². The highest BCUT2D eigenvalue weighted by Crippen LogP contribution is 2.45. The molecule has 1 unspecified atom stereocenters. The van der Waals surface area contributed by atoms with Gasteiger partial charge in [0, 0.05) is 26.2 Å². The van der Waals surface area contributed by atoms with Crippen molar-refractivity contribution in [2.45, 2.75) is 44.3 Å². The third-order valence-electron chi connectivity index (χ3n) is 6.71. The molecular weight excluding hydrogens is 467 g/mol. The lowest BCUT2D eigenvalue weighted by Gasteiger charge is -2.42. The summed E-state index contributed by atoms with van der Waals surface area (Å²) in [6.07, 6.45) is 5.16. The number of rotatable bonds is 7. The zero-order valence-corrected chi connectivity index (χ0v) is 20.9. The minimum atomic E-state index is -0.798. The van der Waals surface area contributed by atoms with Crippen molar-refractivity contribution >= 4 is 36.4 Å². The minimum Gasteiger partial charge on any atom is -0.487 e. The summed E-state index contributed by atoms with van der Waals surface area (Å²) < 4.78 is 5.93. The number of aliphatic hydroxyl groups is 1. The molecule has 0 spiro atoms. The maximum absolute atomic E-state index is 11.7. The van der Waals surface area contributed by atoms with Crippen molar-refractivity contribution in [2.75, 3.05) is 32.7 Å². The molecule has 2 atom stereocenters. The number of halogens is 3. The van der Waals surface area contributed by atoms with E-state index in [-0.39, 0.29) is 30.7 Å². The third-order valence-corrected chi connectivity index (χ3v) is 7.00. The quantitative estimate of drug-likeness (QED) is 0.530. The van der Waals surface area contributed by atoms with Crippen LogP contribution in [-0.4, -0.2) is 42.7 Å². The van der Waals surface area contributed by atoms with E-state index in [0.717, 1.165) is 69.5 Å². The van der Waals surface area contributed by atoms with Crippen LogP contribution in [0, 0.1) is 5.92 Å². The summed E-state index contributed by atoms with van der Waals surface area (Å²) in [5.74, 6) is 0.939. The average molecular weight is 502 g/mol. The van der Waals surface area contributed by atoms with E-state index in [4.69, 9.17) is 16.3 Å². The smallest absolute Gasteiger partial charge is 0.138 e. The zero-order chi connectivity index (χ0) is 20.8. The Bertz CT molecular complexity index is 818. The Hall–Kier alpha value is -1.01. The topological polar surface area (TPSA) is 44.7 Å². The maximum Gasteiger partial charge on any atom is 0.138 e. The lowest BCUT2D eigenvalue weighted by molar-refractivity contribution is -0.0603. The van der Waals surface area contributed by atoms with Crippen molar-refractivity contribution in [3.8, 4) is 5.75 Å². The van der Waals surface area contributed by atoms with Crippen molar-refractivity contribution in [1.29, 1.82) is 0 Å². The fraction of sp³-hybridized carbons (Fsp3) is 0.520. The van der Waals surface area contributed by atoms with E-state index >= 15 is 0 Å². The van der Waals surface area contributed by atoms with Crippen LogP contribution in [0.4, 0.5) is 0 Å². The second-order valence-electron chi connectivity index (χ2n) is 8.67. The lowest BCUT2D eigenvalue weighted by Crippen LogP contribution is -2.45. The number of nitrogens with zero attached hydrogens (tertiary/aromatic N) is 1. The molecular formula is C25H35Cl3N2O2. The molecule has 0 aromatic heterocycles. The van der Waals surface area contributed by atoms with Crippen molar-refractivity contribution < 1.29 is 9.84 Å². The van der Waals surface area contributed by atoms with Crippen molar-refractivity contribution in [2.24, 2.45) is 5.92 Å². The first-order valence-electron chi connectivity index (χ1n) is 11.3. The van der Waals surface area contributed by atoms with E-state index in [0.29, 0.717) is 17.4 Å². The Balaban J connectivity index is 0.00000181. The molecule has 4 nitrogen and oxygen atoms in total. The van der Waals surface area contributed by atoms with E-state index in [2.05, 4.69) is 10.2 Å². The van der Waals surface area contributed by atoms with Crippen molar-refractivity contribution in [3.05, 3.63) is 64.7 Å². The summed E-state index contributed by atoms with van der Waals surface area (Å²) in [4.78, 5) is 2.51. The minimum absolute atomic E-state index is 0. The Morgan fingerprint density at radius 2 is 1.81 bits per heavy atom. The van der Waals surface area contributed by atoms with Gasteiger partial charge in [0.05, 0.1) is 10.6 Å². The number of benzene rings is 2. The molecule has 1 saturated heterocycles. The van der Waals surface area contributed by atoms with Gasteiger partial charge in [-0.25, -0.2) is 0 Å². The first kappa shape index (κ1) is 27.2. The molecule has 2 aromatic rings. The molecule has 2 aliphatic rings. The molecule has 2 fully saturated rings. The van der Waals surface area contributed by atoms with Gasteiger partial charge in [-0.15, -0.1) is 24.8 Å².